The molecule has 1 heterocycles. The molecule has 0 saturated heterocycles. The van der Waals surface area contributed by atoms with Crippen molar-refractivity contribution in [1.82, 2.24) is 0 Å². The number of ether oxygens (including phenoxy) is 2. The molecule has 4 heteroatoms. The molecule has 1 aromatic rings. The molecule has 0 radical (unpaired) electrons. The summed E-state index contributed by atoms with van der Waals surface area (Å²) < 4.78 is 24.4. The van der Waals surface area contributed by atoms with Crippen LogP contribution in [0, 0.1) is 5.82 Å². The minimum Gasteiger partial charge on any atom is -0.487 e. The Hall–Kier alpha value is -1.13. The Labute approximate surface area is 99.7 Å². The number of rotatable bonds is 1. The molecule has 1 aliphatic carbocycles. The lowest BCUT2D eigenvalue weighted by Crippen LogP contribution is -2.55. The fraction of sp³-hybridized carbons (Fsp3) is 0.538. The summed E-state index contributed by atoms with van der Waals surface area (Å²) in [4.78, 5) is 0. The SMILES string of the molecule is COC1CC2(C1)C[C@@H](N)c1cc(F)ccc1O2. The quantitative estimate of drug-likeness (QED) is 0.814. The van der Waals surface area contributed by atoms with E-state index in [2.05, 4.69) is 0 Å². The second-order valence-corrected chi connectivity index (χ2v) is 5.04. The highest BCUT2D eigenvalue weighted by Crippen LogP contribution is 2.48. The molecule has 0 unspecified atom stereocenters. The summed E-state index contributed by atoms with van der Waals surface area (Å²) in [6.45, 7) is 0. The molecule has 0 amide bonds. The van der Waals surface area contributed by atoms with E-state index in [1.165, 1.54) is 12.1 Å². The van der Waals surface area contributed by atoms with Gasteiger partial charge >= 0.3 is 0 Å². The third-order valence-corrected chi connectivity index (χ3v) is 3.82. The molecule has 92 valence electrons. The van der Waals surface area contributed by atoms with E-state index in [0.29, 0.717) is 0 Å². The number of hydrogen-bond donors (Lipinski definition) is 1. The highest BCUT2D eigenvalue weighted by molar-refractivity contribution is 5.39. The number of fused-ring (bicyclic) bond motifs is 1. The van der Waals surface area contributed by atoms with Crippen molar-refractivity contribution in [1.29, 1.82) is 0 Å². The molecule has 2 aliphatic rings. The second kappa shape index (κ2) is 3.68. The van der Waals surface area contributed by atoms with Gasteiger partial charge in [0, 0.05) is 38.0 Å². The van der Waals surface area contributed by atoms with Crippen LogP contribution >= 0.6 is 0 Å². The Kier molecular flexibility index (Phi) is 2.38. The largest absolute Gasteiger partial charge is 0.487 e. The summed E-state index contributed by atoms with van der Waals surface area (Å²) in [5.41, 5.74) is 6.68. The fourth-order valence-electron chi connectivity index (χ4n) is 2.87. The summed E-state index contributed by atoms with van der Waals surface area (Å²) in [7, 11) is 1.71. The van der Waals surface area contributed by atoms with Crippen LogP contribution in [-0.4, -0.2) is 18.8 Å². The van der Waals surface area contributed by atoms with Crippen LogP contribution in [0.2, 0.25) is 0 Å². The second-order valence-electron chi connectivity index (χ2n) is 5.04. The van der Waals surface area contributed by atoms with Gasteiger partial charge in [-0.3, -0.25) is 0 Å². The topological polar surface area (TPSA) is 44.5 Å². The number of methoxy groups -OCH3 is 1. The Bertz CT molecular complexity index is 443. The smallest absolute Gasteiger partial charge is 0.125 e. The summed E-state index contributed by atoms with van der Waals surface area (Å²) in [6, 6.07) is 4.41. The standard InChI is InChI=1S/C13H16FNO2/c1-16-9-5-13(6-9)7-11(15)10-4-8(14)2-3-12(10)17-13/h2-4,9,11H,5-7,15H2,1H3/t9?,11-,13?/m1/s1. The Morgan fingerprint density at radius 2 is 2.18 bits per heavy atom. The third kappa shape index (κ3) is 1.72. The molecule has 0 aromatic heterocycles. The van der Waals surface area contributed by atoms with Crippen LogP contribution in [0.15, 0.2) is 18.2 Å². The number of nitrogens with two attached hydrogens (primary N) is 1. The van der Waals surface area contributed by atoms with Crippen LogP contribution < -0.4 is 10.5 Å². The average molecular weight is 237 g/mol. The molecule has 3 nitrogen and oxygen atoms in total. The lowest BCUT2D eigenvalue weighted by molar-refractivity contribution is -0.124. The first-order chi connectivity index (χ1) is 8.12. The molecule has 1 spiro atoms. The molecular weight excluding hydrogens is 221 g/mol. The lowest BCUT2D eigenvalue weighted by Gasteiger charge is -2.50. The van der Waals surface area contributed by atoms with Crippen LogP contribution in [0.4, 0.5) is 4.39 Å². The molecular formula is C13H16FNO2. The molecule has 1 fully saturated rings. The zero-order valence-corrected chi connectivity index (χ0v) is 9.78. The summed E-state index contributed by atoms with van der Waals surface area (Å²) in [5, 5.41) is 0. The van der Waals surface area contributed by atoms with E-state index in [4.69, 9.17) is 15.2 Å². The van der Waals surface area contributed by atoms with E-state index in [9.17, 15) is 4.39 Å². The van der Waals surface area contributed by atoms with Crippen LogP contribution in [0.1, 0.15) is 30.9 Å². The van der Waals surface area contributed by atoms with E-state index in [-0.39, 0.29) is 23.6 Å². The molecule has 2 N–H and O–H groups in total. The Morgan fingerprint density at radius 3 is 2.88 bits per heavy atom. The van der Waals surface area contributed by atoms with Gasteiger partial charge in [0.25, 0.3) is 0 Å². The van der Waals surface area contributed by atoms with Gasteiger partial charge in [-0.1, -0.05) is 0 Å². The maximum Gasteiger partial charge on any atom is 0.125 e. The number of benzene rings is 1. The maximum absolute atomic E-state index is 13.1. The highest BCUT2D eigenvalue weighted by atomic mass is 19.1. The van der Waals surface area contributed by atoms with Crippen molar-refractivity contribution < 1.29 is 13.9 Å². The van der Waals surface area contributed by atoms with E-state index in [0.717, 1.165) is 30.6 Å². The molecule has 1 saturated carbocycles. The van der Waals surface area contributed by atoms with Crippen LogP contribution in [0.5, 0.6) is 5.75 Å². The zero-order chi connectivity index (χ0) is 12.0. The van der Waals surface area contributed by atoms with Gasteiger partial charge in [-0.05, 0) is 18.2 Å². The first-order valence-electron chi connectivity index (χ1n) is 5.89. The number of halogens is 1. The summed E-state index contributed by atoms with van der Waals surface area (Å²) >= 11 is 0. The Morgan fingerprint density at radius 1 is 1.41 bits per heavy atom. The van der Waals surface area contributed by atoms with Crippen molar-refractivity contribution in [2.75, 3.05) is 7.11 Å². The first-order valence-corrected chi connectivity index (χ1v) is 5.89. The van der Waals surface area contributed by atoms with Crippen LogP contribution in [-0.2, 0) is 4.74 Å². The van der Waals surface area contributed by atoms with Crippen molar-refractivity contribution in [2.24, 2.45) is 5.73 Å². The summed E-state index contributed by atoms with van der Waals surface area (Å²) in [5.74, 6) is 0.460. The number of hydrogen-bond acceptors (Lipinski definition) is 3. The molecule has 3 rings (SSSR count). The van der Waals surface area contributed by atoms with E-state index in [1.807, 2.05) is 0 Å². The van der Waals surface area contributed by atoms with Gasteiger partial charge in [0.15, 0.2) is 0 Å². The molecule has 1 aromatic carbocycles. The minimum atomic E-state index is -0.262. The van der Waals surface area contributed by atoms with E-state index in [1.54, 1.807) is 13.2 Å². The van der Waals surface area contributed by atoms with Crippen molar-refractivity contribution in [2.45, 2.75) is 37.0 Å². The highest BCUT2D eigenvalue weighted by Gasteiger charge is 2.50. The van der Waals surface area contributed by atoms with Crippen LogP contribution in [0.3, 0.4) is 0 Å². The molecule has 17 heavy (non-hydrogen) atoms. The van der Waals surface area contributed by atoms with Crippen LogP contribution in [0.25, 0.3) is 0 Å². The van der Waals surface area contributed by atoms with Crippen molar-refractivity contribution in [3.05, 3.63) is 29.6 Å². The minimum absolute atomic E-state index is 0.146. The van der Waals surface area contributed by atoms with Gasteiger partial charge in [0.05, 0.1) is 6.10 Å². The molecule has 0 bridgehead atoms. The molecule has 1 atom stereocenters. The van der Waals surface area contributed by atoms with Gasteiger partial charge in [-0.15, -0.1) is 0 Å². The van der Waals surface area contributed by atoms with Gasteiger partial charge in [0.1, 0.15) is 17.2 Å². The van der Waals surface area contributed by atoms with Gasteiger partial charge in [-0.25, -0.2) is 4.39 Å². The lowest BCUT2D eigenvalue weighted by atomic mass is 9.71. The van der Waals surface area contributed by atoms with Gasteiger partial charge in [-0.2, -0.15) is 0 Å². The van der Waals surface area contributed by atoms with E-state index < -0.39 is 0 Å². The Balaban J connectivity index is 1.87. The first kappa shape index (κ1) is 11.0. The van der Waals surface area contributed by atoms with Crippen molar-refractivity contribution in [3.8, 4) is 5.75 Å². The zero-order valence-electron chi connectivity index (χ0n) is 9.78. The average Bonchev–Trinajstić information content (AvgIpc) is 2.26. The maximum atomic E-state index is 13.1. The van der Waals surface area contributed by atoms with Crippen molar-refractivity contribution in [3.63, 3.8) is 0 Å². The predicted octanol–water partition coefficient (Wildman–Crippen LogP) is 2.16. The van der Waals surface area contributed by atoms with Gasteiger partial charge < -0.3 is 15.2 Å². The fourth-order valence-corrected chi connectivity index (χ4v) is 2.87. The predicted molar refractivity (Wildman–Crippen MR) is 61.3 cm³/mol. The van der Waals surface area contributed by atoms with Crippen molar-refractivity contribution >= 4 is 0 Å². The van der Waals surface area contributed by atoms with Gasteiger partial charge in [0.2, 0.25) is 0 Å². The molecule has 1 aliphatic heterocycles. The summed E-state index contributed by atoms with van der Waals surface area (Å²) in [6.07, 6.45) is 2.75. The normalized spacial score (nSPS) is 35.0. The third-order valence-electron chi connectivity index (χ3n) is 3.82. The van der Waals surface area contributed by atoms with E-state index >= 15 is 0 Å². The monoisotopic (exact) mass is 237 g/mol.